The summed E-state index contributed by atoms with van der Waals surface area (Å²) >= 11 is 0. The molecule has 1 aromatic carbocycles. The van der Waals surface area contributed by atoms with Gasteiger partial charge in [-0.2, -0.15) is 5.10 Å². The number of piperidine rings is 1. The summed E-state index contributed by atoms with van der Waals surface area (Å²) < 4.78 is 2.04. The maximum Gasteiger partial charge on any atom is 0.0793 e. The van der Waals surface area contributed by atoms with E-state index in [1.54, 1.807) is 0 Å². The molecule has 3 rings (SSSR count). The van der Waals surface area contributed by atoms with Crippen LogP contribution in [0.3, 0.4) is 0 Å². The molecule has 0 radical (unpaired) electrons. The lowest BCUT2D eigenvalue weighted by Crippen LogP contribution is -2.43. The Labute approximate surface area is 150 Å². The highest BCUT2D eigenvalue weighted by Crippen LogP contribution is 2.19. The summed E-state index contributed by atoms with van der Waals surface area (Å²) in [5, 5.41) is 14.7. The van der Waals surface area contributed by atoms with Gasteiger partial charge in [0.25, 0.3) is 0 Å². The molecule has 1 aliphatic rings. The summed E-state index contributed by atoms with van der Waals surface area (Å²) in [5.41, 5.74) is 1.29. The van der Waals surface area contributed by atoms with Gasteiger partial charge < -0.3 is 10.0 Å². The Kier molecular flexibility index (Phi) is 6.62. The average Bonchev–Trinajstić information content (AvgIpc) is 3.10. The number of benzene rings is 1. The zero-order valence-electron chi connectivity index (χ0n) is 15.2. The van der Waals surface area contributed by atoms with Crippen LogP contribution >= 0.6 is 0 Å². The molecule has 1 N–H and O–H groups in total. The van der Waals surface area contributed by atoms with Gasteiger partial charge in [-0.05, 0) is 50.5 Å². The van der Waals surface area contributed by atoms with Gasteiger partial charge in [0.15, 0.2) is 0 Å². The van der Waals surface area contributed by atoms with E-state index in [0.29, 0.717) is 12.5 Å². The van der Waals surface area contributed by atoms with Gasteiger partial charge in [-0.3, -0.25) is 9.58 Å². The molecular weight excluding hydrogens is 312 g/mol. The molecule has 5 nitrogen and oxygen atoms in total. The highest BCUT2D eigenvalue weighted by atomic mass is 16.3. The van der Waals surface area contributed by atoms with E-state index in [1.807, 2.05) is 29.2 Å². The maximum absolute atomic E-state index is 10.4. The molecule has 5 heteroatoms. The summed E-state index contributed by atoms with van der Waals surface area (Å²) in [6.07, 6.45) is 5.96. The number of rotatable bonds is 8. The van der Waals surface area contributed by atoms with Crippen LogP contribution in [0.2, 0.25) is 0 Å². The van der Waals surface area contributed by atoms with Crippen molar-refractivity contribution in [2.45, 2.75) is 32.0 Å². The first-order valence-corrected chi connectivity index (χ1v) is 9.29. The maximum atomic E-state index is 10.4. The average molecular weight is 342 g/mol. The quantitative estimate of drug-likeness (QED) is 0.798. The van der Waals surface area contributed by atoms with Crippen LogP contribution in [0.1, 0.15) is 18.4 Å². The first-order chi connectivity index (χ1) is 12.2. The summed E-state index contributed by atoms with van der Waals surface area (Å²) in [6.45, 7) is 5.53. The van der Waals surface area contributed by atoms with Crippen LogP contribution in [0, 0.1) is 5.92 Å². The number of β-amino-alcohol motifs (C(OH)–C–C–N with tert-alkyl or cyclic N) is 1. The zero-order chi connectivity index (χ0) is 17.5. The standard InChI is InChI=1S/C20H30N4O/c1-22(14-18-6-3-2-4-7-18)16-20(25)17-23-12-8-19(9-13-23)15-24-11-5-10-21-24/h2-7,10-11,19-20,25H,8-9,12-17H2,1H3. The molecule has 0 saturated carbocycles. The number of hydrogen-bond acceptors (Lipinski definition) is 4. The van der Waals surface area contributed by atoms with E-state index in [1.165, 1.54) is 18.4 Å². The lowest BCUT2D eigenvalue weighted by molar-refractivity contribution is 0.0628. The van der Waals surface area contributed by atoms with E-state index in [2.05, 4.69) is 46.2 Å². The molecule has 2 heterocycles. The molecule has 1 fully saturated rings. The molecule has 1 aromatic heterocycles. The first kappa shape index (κ1) is 18.1. The molecule has 2 aromatic rings. The van der Waals surface area contributed by atoms with Gasteiger partial charge in [-0.15, -0.1) is 0 Å². The Bertz CT molecular complexity index is 593. The summed E-state index contributed by atoms with van der Waals surface area (Å²) in [4.78, 5) is 4.60. The molecule has 136 valence electrons. The summed E-state index contributed by atoms with van der Waals surface area (Å²) in [7, 11) is 2.08. The van der Waals surface area contributed by atoms with Crippen LogP contribution in [0.5, 0.6) is 0 Å². The highest BCUT2D eigenvalue weighted by Gasteiger charge is 2.21. The second-order valence-corrected chi connectivity index (χ2v) is 7.31. The smallest absolute Gasteiger partial charge is 0.0793 e. The van der Waals surface area contributed by atoms with Crippen LogP contribution in [0.4, 0.5) is 0 Å². The molecule has 25 heavy (non-hydrogen) atoms. The minimum absolute atomic E-state index is 0.295. The lowest BCUT2D eigenvalue weighted by atomic mass is 9.96. The third kappa shape index (κ3) is 5.96. The number of aliphatic hydroxyl groups is 1. The number of nitrogens with zero attached hydrogens (tertiary/aromatic N) is 4. The zero-order valence-corrected chi connectivity index (χ0v) is 15.2. The normalized spacial score (nSPS) is 17.9. The van der Waals surface area contributed by atoms with Gasteiger partial charge in [0.05, 0.1) is 6.10 Å². The third-order valence-electron chi connectivity index (χ3n) is 5.00. The molecule has 0 amide bonds. The van der Waals surface area contributed by atoms with Crippen molar-refractivity contribution in [3.8, 4) is 0 Å². The van der Waals surface area contributed by atoms with Gasteiger partial charge in [0, 0.05) is 38.6 Å². The first-order valence-electron chi connectivity index (χ1n) is 9.29. The second-order valence-electron chi connectivity index (χ2n) is 7.31. The Morgan fingerprint density at radius 1 is 1.20 bits per heavy atom. The van der Waals surface area contributed by atoms with Crippen LogP contribution in [0.15, 0.2) is 48.8 Å². The van der Waals surface area contributed by atoms with E-state index in [9.17, 15) is 5.11 Å². The van der Waals surface area contributed by atoms with Crippen LogP contribution in [-0.2, 0) is 13.1 Å². The van der Waals surface area contributed by atoms with Crippen molar-refractivity contribution in [2.75, 3.05) is 33.2 Å². The fraction of sp³-hybridized carbons (Fsp3) is 0.550. The number of aromatic nitrogens is 2. The van der Waals surface area contributed by atoms with E-state index in [0.717, 1.165) is 32.7 Å². The van der Waals surface area contributed by atoms with Crippen molar-refractivity contribution in [3.05, 3.63) is 54.4 Å². The van der Waals surface area contributed by atoms with E-state index in [4.69, 9.17) is 0 Å². The summed E-state index contributed by atoms with van der Waals surface area (Å²) in [6, 6.07) is 12.4. The van der Waals surface area contributed by atoms with Gasteiger partial charge >= 0.3 is 0 Å². The number of likely N-dealkylation sites (tertiary alicyclic amines) is 1. The number of aliphatic hydroxyl groups excluding tert-OH is 1. The fourth-order valence-electron chi connectivity index (χ4n) is 3.70. The Morgan fingerprint density at radius 2 is 1.96 bits per heavy atom. The SMILES string of the molecule is CN(Cc1ccccc1)CC(O)CN1CCC(Cn2cccn2)CC1. The second kappa shape index (κ2) is 9.13. The van der Waals surface area contributed by atoms with Gasteiger partial charge in [0.1, 0.15) is 0 Å². The van der Waals surface area contributed by atoms with Crippen LogP contribution in [0.25, 0.3) is 0 Å². The molecule has 1 aliphatic heterocycles. The van der Waals surface area contributed by atoms with Crippen LogP contribution in [-0.4, -0.2) is 64.0 Å². The van der Waals surface area contributed by atoms with E-state index >= 15 is 0 Å². The molecule has 1 atom stereocenters. The molecule has 1 unspecified atom stereocenters. The van der Waals surface area contributed by atoms with Crippen LogP contribution < -0.4 is 0 Å². The number of likely N-dealkylation sites (N-methyl/N-ethyl adjacent to an activating group) is 1. The Morgan fingerprint density at radius 3 is 2.64 bits per heavy atom. The topological polar surface area (TPSA) is 44.5 Å². The minimum Gasteiger partial charge on any atom is -0.390 e. The van der Waals surface area contributed by atoms with Crippen molar-refractivity contribution in [3.63, 3.8) is 0 Å². The van der Waals surface area contributed by atoms with E-state index < -0.39 is 0 Å². The van der Waals surface area contributed by atoms with Crippen molar-refractivity contribution in [1.82, 2.24) is 19.6 Å². The number of hydrogen-bond donors (Lipinski definition) is 1. The predicted octanol–water partition coefficient (Wildman–Crippen LogP) is 2.09. The lowest BCUT2D eigenvalue weighted by Gasteiger charge is -2.33. The van der Waals surface area contributed by atoms with Crippen molar-refractivity contribution in [2.24, 2.45) is 5.92 Å². The van der Waals surface area contributed by atoms with Gasteiger partial charge in [-0.1, -0.05) is 30.3 Å². The van der Waals surface area contributed by atoms with Gasteiger partial charge in [0.2, 0.25) is 0 Å². The van der Waals surface area contributed by atoms with Crippen molar-refractivity contribution >= 4 is 0 Å². The molecule has 1 saturated heterocycles. The largest absolute Gasteiger partial charge is 0.390 e. The van der Waals surface area contributed by atoms with E-state index in [-0.39, 0.29) is 6.10 Å². The minimum atomic E-state index is -0.295. The predicted molar refractivity (Wildman–Crippen MR) is 100 cm³/mol. The molecular formula is C20H30N4O. The van der Waals surface area contributed by atoms with Gasteiger partial charge in [-0.25, -0.2) is 0 Å². The Balaban J connectivity index is 1.35. The third-order valence-corrected chi connectivity index (χ3v) is 5.00. The summed E-state index contributed by atoms with van der Waals surface area (Å²) in [5.74, 6) is 0.703. The van der Waals surface area contributed by atoms with Crippen molar-refractivity contribution < 1.29 is 5.11 Å². The van der Waals surface area contributed by atoms with Crippen molar-refractivity contribution in [1.29, 1.82) is 0 Å². The Hall–Kier alpha value is -1.69. The molecule has 0 bridgehead atoms. The molecule has 0 aliphatic carbocycles. The monoisotopic (exact) mass is 342 g/mol. The highest BCUT2D eigenvalue weighted by molar-refractivity contribution is 5.14. The molecule has 0 spiro atoms. The fourth-order valence-corrected chi connectivity index (χ4v) is 3.70.